The van der Waals surface area contributed by atoms with Gasteiger partial charge < -0.3 is 4.98 Å². The molecule has 2 aromatic rings. The lowest BCUT2D eigenvalue weighted by Gasteiger charge is -2.22. The maximum absolute atomic E-state index is 9.16. The van der Waals surface area contributed by atoms with Crippen molar-refractivity contribution >= 4 is 16.6 Å². The Labute approximate surface area is 118 Å². The SMILES string of the molecule is ONC1=CCc2c1[nH]c1ccc(C3CCCCC3)cc21. The Balaban J connectivity index is 1.77. The van der Waals surface area contributed by atoms with Crippen molar-refractivity contribution in [3.63, 3.8) is 0 Å². The Morgan fingerprint density at radius 1 is 1.15 bits per heavy atom. The van der Waals surface area contributed by atoms with E-state index >= 15 is 0 Å². The molecule has 1 aromatic carbocycles. The second-order valence-electron chi connectivity index (χ2n) is 6.05. The Morgan fingerprint density at radius 3 is 2.80 bits per heavy atom. The van der Waals surface area contributed by atoms with Gasteiger partial charge in [-0.25, -0.2) is 0 Å². The predicted molar refractivity (Wildman–Crippen MR) is 80.7 cm³/mol. The molecule has 1 heterocycles. The van der Waals surface area contributed by atoms with E-state index < -0.39 is 0 Å². The van der Waals surface area contributed by atoms with Crippen LogP contribution in [-0.2, 0) is 6.42 Å². The zero-order valence-electron chi connectivity index (χ0n) is 11.6. The van der Waals surface area contributed by atoms with Gasteiger partial charge in [0.15, 0.2) is 0 Å². The summed E-state index contributed by atoms with van der Waals surface area (Å²) in [6, 6.07) is 6.85. The molecule has 0 aliphatic heterocycles. The lowest BCUT2D eigenvalue weighted by Crippen LogP contribution is -2.04. The zero-order chi connectivity index (χ0) is 13.5. The Kier molecular flexibility index (Phi) is 2.81. The third-order valence-corrected chi connectivity index (χ3v) is 4.91. The second-order valence-corrected chi connectivity index (χ2v) is 6.05. The number of allylic oxidation sites excluding steroid dienone is 1. The largest absolute Gasteiger partial charge is 0.353 e. The number of benzene rings is 1. The van der Waals surface area contributed by atoms with Crippen molar-refractivity contribution in [3.8, 4) is 0 Å². The minimum atomic E-state index is 0.739. The number of aromatic amines is 1. The molecule has 2 aliphatic carbocycles. The fourth-order valence-corrected chi connectivity index (χ4v) is 3.80. The van der Waals surface area contributed by atoms with Gasteiger partial charge in [0.1, 0.15) is 0 Å². The van der Waals surface area contributed by atoms with Crippen LogP contribution in [0, 0.1) is 0 Å². The summed E-state index contributed by atoms with van der Waals surface area (Å²) >= 11 is 0. The maximum atomic E-state index is 9.16. The molecular formula is C17H20N2O. The lowest BCUT2D eigenvalue weighted by molar-refractivity contribution is 0.224. The van der Waals surface area contributed by atoms with Gasteiger partial charge in [-0.15, -0.1) is 0 Å². The summed E-state index contributed by atoms with van der Waals surface area (Å²) in [5.74, 6) is 0.739. The van der Waals surface area contributed by atoms with Gasteiger partial charge in [0.25, 0.3) is 0 Å². The molecule has 0 amide bonds. The summed E-state index contributed by atoms with van der Waals surface area (Å²) in [5, 5.41) is 10.5. The van der Waals surface area contributed by atoms with Crippen molar-refractivity contribution in [1.82, 2.24) is 10.5 Å². The van der Waals surface area contributed by atoms with Gasteiger partial charge in [-0.1, -0.05) is 31.4 Å². The molecule has 4 rings (SSSR count). The molecule has 3 N–H and O–H groups in total. The molecular weight excluding hydrogens is 248 g/mol. The maximum Gasteiger partial charge on any atom is 0.0803 e. The van der Waals surface area contributed by atoms with E-state index in [2.05, 4.69) is 28.7 Å². The number of hydrogen-bond donors (Lipinski definition) is 3. The molecule has 104 valence electrons. The van der Waals surface area contributed by atoms with Crippen molar-refractivity contribution < 1.29 is 5.21 Å². The fourth-order valence-electron chi connectivity index (χ4n) is 3.80. The van der Waals surface area contributed by atoms with Crippen LogP contribution in [0.25, 0.3) is 16.6 Å². The standard InChI is InChI=1S/C17H20N2O/c20-19-16-9-7-13-14-10-12(11-4-2-1-3-5-11)6-8-15(14)18-17(13)16/h6,8-11,18-20H,1-5,7H2. The van der Waals surface area contributed by atoms with Crippen molar-refractivity contribution in [2.24, 2.45) is 0 Å². The number of H-pyrrole nitrogens is 1. The Bertz CT molecular complexity index is 678. The van der Waals surface area contributed by atoms with E-state index in [4.69, 9.17) is 5.21 Å². The molecule has 0 unspecified atom stereocenters. The minimum absolute atomic E-state index is 0.739. The quantitative estimate of drug-likeness (QED) is 0.718. The number of rotatable bonds is 2. The van der Waals surface area contributed by atoms with Gasteiger partial charge in [0.05, 0.1) is 11.4 Å². The first-order chi connectivity index (χ1) is 9.86. The number of aromatic nitrogens is 1. The zero-order valence-corrected chi connectivity index (χ0v) is 11.6. The topological polar surface area (TPSA) is 48.0 Å². The Morgan fingerprint density at radius 2 is 2.00 bits per heavy atom. The molecule has 1 saturated carbocycles. The van der Waals surface area contributed by atoms with Crippen molar-refractivity contribution in [1.29, 1.82) is 0 Å². The molecule has 1 fully saturated rings. The fraction of sp³-hybridized carbons (Fsp3) is 0.412. The van der Waals surface area contributed by atoms with E-state index in [-0.39, 0.29) is 0 Å². The monoisotopic (exact) mass is 268 g/mol. The van der Waals surface area contributed by atoms with Crippen LogP contribution in [0.15, 0.2) is 24.3 Å². The van der Waals surface area contributed by atoms with Crippen LogP contribution in [0.3, 0.4) is 0 Å². The van der Waals surface area contributed by atoms with E-state index in [1.165, 1.54) is 54.1 Å². The van der Waals surface area contributed by atoms with Crippen LogP contribution in [0.4, 0.5) is 0 Å². The molecule has 1 aromatic heterocycles. The number of fused-ring (bicyclic) bond motifs is 3. The smallest absolute Gasteiger partial charge is 0.0803 e. The van der Waals surface area contributed by atoms with Gasteiger partial charge in [-0.2, -0.15) is 0 Å². The van der Waals surface area contributed by atoms with Crippen LogP contribution < -0.4 is 5.48 Å². The third kappa shape index (κ3) is 1.77. The van der Waals surface area contributed by atoms with E-state index in [1.807, 2.05) is 6.08 Å². The van der Waals surface area contributed by atoms with Crippen LogP contribution in [0.5, 0.6) is 0 Å². The van der Waals surface area contributed by atoms with Crippen LogP contribution >= 0.6 is 0 Å². The summed E-state index contributed by atoms with van der Waals surface area (Å²) in [6.45, 7) is 0. The normalized spacial score (nSPS) is 19.1. The van der Waals surface area contributed by atoms with E-state index in [9.17, 15) is 0 Å². The lowest BCUT2D eigenvalue weighted by atomic mass is 9.83. The molecule has 0 bridgehead atoms. The molecule has 0 radical (unpaired) electrons. The molecule has 0 spiro atoms. The van der Waals surface area contributed by atoms with Gasteiger partial charge in [-0.05, 0) is 48.4 Å². The van der Waals surface area contributed by atoms with Crippen molar-refractivity contribution in [2.45, 2.75) is 44.4 Å². The van der Waals surface area contributed by atoms with E-state index in [0.717, 1.165) is 23.7 Å². The highest BCUT2D eigenvalue weighted by Crippen LogP contribution is 2.37. The molecule has 20 heavy (non-hydrogen) atoms. The van der Waals surface area contributed by atoms with Crippen molar-refractivity contribution in [3.05, 3.63) is 41.1 Å². The summed E-state index contributed by atoms with van der Waals surface area (Å²) in [6.07, 6.45) is 9.73. The summed E-state index contributed by atoms with van der Waals surface area (Å²) in [7, 11) is 0. The predicted octanol–water partition coefficient (Wildman–Crippen LogP) is 4.09. The highest BCUT2D eigenvalue weighted by atomic mass is 16.5. The Hall–Kier alpha value is -1.74. The van der Waals surface area contributed by atoms with Gasteiger partial charge in [-0.3, -0.25) is 10.7 Å². The second kappa shape index (κ2) is 4.67. The number of hydrogen-bond acceptors (Lipinski definition) is 2. The molecule has 3 nitrogen and oxygen atoms in total. The number of nitrogens with one attached hydrogen (secondary N) is 2. The van der Waals surface area contributed by atoms with E-state index in [0.29, 0.717) is 0 Å². The highest BCUT2D eigenvalue weighted by molar-refractivity contribution is 5.91. The van der Waals surface area contributed by atoms with Crippen LogP contribution in [0.2, 0.25) is 0 Å². The first-order valence-corrected chi connectivity index (χ1v) is 7.62. The molecule has 3 heteroatoms. The molecule has 0 atom stereocenters. The first kappa shape index (κ1) is 12.0. The average Bonchev–Trinajstić information content (AvgIpc) is 3.06. The third-order valence-electron chi connectivity index (χ3n) is 4.91. The summed E-state index contributed by atoms with van der Waals surface area (Å²) in [4.78, 5) is 3.42. The van der Waals surface area contributed by atoms with Crippen LogP contribution in [0.1, 0.15) is 54.8 Å². The highest BCUT2D eigenvalue weighted by Gasteiger charge is 2.21. The molecule has 2 aliphatic rings. The first-order valence-electron chi connectivity index (χ1n) is 7.62. The number of hydroxylamine groups is 1. The average molecular weight is 268 g/mol. The minimum Gasteiger partial charge on any atom is -0.353 e. The summed E-state index contributed by atoms with van der Waals surface area (Å²) in [5.41, 5.74) is 8.12. The van der Waals surface area contributed by atoms with Gasteiger partial charge >= 0.3 is 0 Å². The van der Waals surface area contributed by atoms with Crippen molar-refractivity contribution in [2.75, 3.05) is 0 Å². The van der Waals surface area contributed by atoms with Gasteiger partial charge in [0, 0.05) is 10.9 Å². The molecule has 0 saturated heterocycles. The van der Waals surface area contributed by atoms with E-state index in [1.54, 1.807) is 0 Å². The van der Waals surface area contributed by atoms with Gasteiger partial charge in [0.2, 0.25) is 0 Å². The summed E-state index contributed by atoms with van der Waals surface area (Å²) < 4.78 is 0. The van der Waals surface area contributed by atoms with Crippen LogP contribution in [-0.4, -0.2) is 10.2 Å².